The van der Waals surface area contributed by atoms with Crippen LogP contribution < -0.4 is 5.11 Å². The zero-order valence-corrected chi connectivity index (χ0v) is 5.81. The van der Waals surface area contributed by atoms with Crippen molar-refractivity contribution in [2.45, 2.75) is 26.7 Å². The van der Waals surface area contributed by atoms with Gasteiger partial charge in [-0.25, -0.2) is 0 Å². The van der Waals surface area contributed by atoms with Gasteiger partial charge in [-0.3, -0.25) is 0 Å². The maximum Gasteiger partial charge on any atom is 0.0417 e. The van der Waals surface area contributed by atoms with E-state index < -0.39 is 5.97 Å². The second kappa shape index (κ2) is 4.13. The molecule has 0 heterocycles. The Morgan fingerprint density at radius 3 is 2.44 bits per heavy atom. The SMILES string of the molecule is CC(C)=CCCC(=O)[O-]. The summed E-state index contributed by atoms with van der Waals surface area (Å²) in [7, 11) is 0. The Labute approximate surface area is 55.2 Å². The second-order valence-electron chi connectivity index (χ2n) is 2.19. The normalized spacial score (nSPS) is 8.67. The number of carboxylic acid groups (broad SMARTS) is 1. The Hall–Kier alpha value is -0.790. The molecule has 0 radical (unpaired) electrons. The molecular weight excluding hydrogens is 116 g/mol. The average Bonchev–Trinajstić information content (AvgIpc) is 1.63. The molecule has 2 nitrogen and oxygen atoms in total. The van der Waals surface area contributed by atoms with E-state index in [0.29, 0.717) is 6.42 Å². The Morgan fingerprint density at radius 1 is 1.56 bits per heavy atom. The van der Waals surface area contributed by atoms with E-state index in [4.69, 9.17) is 0 Å². The molecule has 0 aromatic heterocycles. The lowest BCUT2D eigenvalue weighted by molar-refractivity contribution is -0.305. The van der Waals surface area contributed by atoms with Gasteiger partial charge in [0.25, 0.3) is 0 Å². The summed E-state index contributed by atoms with van der Waals surface area (Å²) in [5.41, 5.74) is 1.15. The van der Waals surface area contributed by atoms with E-state index in [1.807, 2.05) is 19.9 Å². The number of aliphatic carboxylic acids is 1. The van der Waals surface area contributed by atoms with Crippen molar-refractivity contribution in [3.05, 3.63) is 11.6 Å². The minimum Gasteiger partial charge on any atom is -0.550 e. The number of rotatable bonds is 3. The molecule has 0 rings (SSSR count). The molecule has 52 valence electrons. The molecule has 0 aliphatic rings. The van der Waals surface area contributed by atoms with E-state index >= 15 is 0 Å². The van der Waals surface area contributed by atoms with Crippen LogP contribution in [0, 0.1) is 0 Å². The Morgan fingerprint density at radius 2 is 2.11 bits per heavy atom. The third kappa shape index (κ3) is 7.21. The lowest BCUT2D eigenvalue weighted by Crippen LogP contribution is -2.21. The molecular formula is C7H11O2-. The average molecular weight is 127 g/mol. The highest BCUT2D eigenvalue weighted by Gasteiger charge is 1.82. The summed E-state index contributed by atoms with van der Waals surface area (Å²) in [6.07, 6.45) is 2.60. The molecule has 0 amide bonds. The van der Waals surface area contributed by atoms with Crippen molar-refractivity contribution in [1.82, 2.24) is 0 Å². The number of carbonyl (C=O) groups excluding carboxylic acids is 1. The van der Waals surface area contributed by atoms with E-state index in [0.717, 1.165) is 5.57 Å². The van der Waals surface area contributed by atoms with Crippen LogP contribution >= 0.6 is 0 Å². The van der Waals surface area contributed by atoms with E-state index in [1.165, 1.54) is 0 Å². The van der Waals surface area contributed by atoms with E-state index in [-0.39, 0.29) is 6.42 Å². The molecule has 0 aromatic carbocycles. The van der Waals surface area contributed by atoms with Gasteiger partial charge in [0.05, 0.1) is 0 Å². The van der Waals surface area contributed by atoms with E-state index in [1.54, 1.807) is 0 Å². The van der Waals surface area contributed by atoms with Gasteiger partial charge in [-0.1, -0.05) is 11.6 Å². The summed E-state index contributed by atoms with van der Waals surface area (Å²) in [6, 6.07) is 0. The van der Waals surface area contributed by atoms with Crippen molar-refractivity contribution in [3.8, 4) is 0 Å². The van der Waals surface area contributed by atoms with Crippen LogP contribution in [0.4, 0.5) is 0 Å². The highest BCUT2D eigenvalue weighted by Crippen LogP contribution is 1.94. The van der Waals surface area contributed by atoms with Crippen LogP contribution in [-0.2, 0) is 4.79 Å². The zero-order valence-electron chi connectivity index (χ0n) is 5.81. The highest BCUT2D eigenvalue weighted by atomic mass is 16.4. The van der Waals surface area contributed by atoms with Crippen molar-refractivity contribution in [2.75, 3.05) is 0 Å². The minimum absolute atomic E-state index is 0.130. The second-order valence-corrected chi connectivity index (χ2v) is 2.19. The largest absolute Gasteiger partial charge is 0.550 e. The molecule has 0 aliphatic heterocycles. The third-order valence-corrected chi connectivity index (χ3v) is 0.901. The first-order chi connectivity index (χ1) is 4.13. The van der Waals surface area contributed by atoms with Crippen LogP contribution in [0.2, 0.25) is 0 Å². The van der Waals surface area contributed by atoms with Gasteiger partial charge in [-0.05, 0) is 26.7 Å². The smallest absolute Gasteiger partial charge is 0.0417 e. The lowest BCUT2D eigenvalue weighted by atomic mass is 10.2. The first-order valence-corrected chi connectivity index (χ1v) is 2.96. The lowest BCUT2D eigenvalue weighted by Gasteiger charge is -1.96. The standard InChI is InChI=1S/C7H12O2/c1-6(2)4-3-5-7(8)9/h4H,3,5H2,1-2H3,(H,8,9)/p-1. The van der Waals surface area contributed by atoms with Crippen LogP contribution in [-0.4, -0.2) is 5.97 Å². The fourth-order valence-corrected chi connectivity index (χ4v) is 0.479. The fourth-order valence-electron chi connectivity index (χ4n) is 0.479. The minimum atomic E-state index is -0.979. The summed E-state index contributed by atoms with van der Waals surface area (Å²) in [5, 5.41) is 9.84. The number of allylic oxidation sites excluding steroid dienone is 2. The monoisotopic (exact) mass is 127 g/mol. The fraction of sp³-hybridized carbons (Fsp3) is 0.571. The zero-order chi connectivity index (χ0) is 7.28. The number of hydrogen-bond donors (Lipinski definition) is 0. The van der Waals surface area contributed by atoms with Gasteiger partial charge in [0.1, 0.15) is 0 Å². The molecule has 0 aromatic rings. The quantitative estimate of drug-likeness (QED) is 0.517. The molecule has 0 atom stereocenters. The van der Waals surface area contributed by atoms with Gasteiger partial charge in [0.15, 0.2) is 0 Å². The highest BCUT2D eigenvalue weighted by molar-refractivity contribution is 5.64. The molecule has 0 saturated carbocycles. The molecule has 0 spiro atoms. The van der Waals surface area contributed by atoms with Gasteiger partial charge in [-0.2, -0.15) is 0 Å². The molecule has 0 N–H and O–H groups in total. The molecule has 0 unspecified atom stereocenters. The molecule has 0 fully saturated rings. The maximum atomic E-state index is 9.84. The van der Waals surface area contributed by atoms with Crippen molar-refractivity contribution in [2.24, 2.45) is 0 Å². The molecule has 0 saturated heterocycles. The molecule has 0 bridgehead atoms. The van der Waals surface area contributed by atoms with Gasteiger partial charge in [-0.15, -0.1) is 0 Å². The molecule has 0 aliphatic carbocycles. The summed E-state index contributed by atoms with van der Waals surface area (Å²) in [6.45, 7) is 3.88. The van der Waals surface area contributed by atoms with Crippen molar-refractivity contribution < 1.29 is 9.90 Å². The van der Waals surface area contributed by atoms with Crippen molar-refractivity contribution in [3.63, 3.8) is 0 Å². The summed E-state index contributed by atoms with van der Waals surface area (Å²) < 4.78 is 0. The maximum absolute atomic E-state index is 9.84. The van der Waals surface area contributed by atoms with Gasteiger partial charge >= 0.3 is 0 Å². The topological polar surface area (TPSA) is 40.1 Å². The van der Waals surface area contributed by atoms with Gasteiger partial charge in [0, 0.05) is 5.97 Å². The van der Waals surface area contributed by atoms with Crippen LogP contribution in [0.3, 0.4) is 0 Å². The molecule has 2 heteroatoms. The van der Waals surface area contributed by atoms with E-state index in [2.05, 4.69) is 0 Å². The Bertz CT molecular complexity index is 121. The Balaban J connectivity index is 3.31. The summed E-state index contributed by atoms with van der Waals surface area (Å²) in [5.74, 6) is -0.979. The first kappa shape index (κ1) is 8.21. The first-order valence-electron chi connectivity index (χ1n) is 2.96. The Kier molecular flexibility index (Phi) is 3.76. The third-order valence-electron chi connectivity index (χ3n) is 0.901. The number of hydrogen-bond acceptors (Lipinski definition) is 2. The molecule has 9 heavy (non-hydrogen) atoms. The van der Waals surface area contributed by atoms with Crippen LogP contribution in [0.25, 0.3) is 0 Å². The van der Waals surface area contributed by atoms with Crippen LogP contribution in [0.5, 0.6) is 0 Å². The number of carboxylic acids is 1. The van der Waals surface area contributed by atoms with Gasteiger partial charge < -0.3 is 9.90 Å². The predicted molar refractivity (Wildman–Crippen MR) is 33.7 cm³/mol. The van der Waals surface area contributed by atoms with Gasteiger partial charge in [0.2, 0.25) is 0 Å². The van der Waals surface area contributed by atoms with Crippen molar-refractivity contribution in [1.29, 1.82) is 0 Å². The van der Waals surface area contributed by atoms with Crippen molar-refractivity contribution >= 4 is 5.97 Å². The number of carbonyl (C=O) groups is 1. The van der Waals surface area contributed by atoms with Crippen LogP contribution in [0.1, 0.15) is 26.7 Å². The van der Waals surface area contributed by atoms with E-state index in [9.17, 15) is 9.90 Å². The van der Waals surface area contributed by atoms with Crippen LogP contribution in [0.15, 0.2) is 11.6 Å². The predicted octanol–water partition coefficient (Wildman–Crippen LogP) is 0.483. The summed E-state index contributed by atoms with van der Waals surface area (Å²) in [4.78, 5) is 9.84. The summed E-state index contributed by atoms with van der Waals surface area (Å²) >= 11 is 0.